The summed E-state index contributed by atoms with van der Waals surface area (Å²) in [7, 11) is 0. The Labute approximate surface area is 206 Å². The number of aromatic nitrogens is 2. The zero-order valence-electron chi connectivity index (χ0n) is 20.7. The number of carbonyl (C=O) groups excluding carboxylic acids is 4. The minimum atomic E-state index is -0.537. The number of amides is 4. The number of carbonyl (C=O) groups is 4. The van der Waals surface area contributed by atoms with E-state index in [2.05, 4.69) is 20.6 Å². The minimum Gasteiger partial charge on any atom is -0.351 e. The van der Waals surface area contributed by atoms with Crippen LogP contribution in [0.25, 0.3) is 0 Å². The number of rotatable bonds is 1. The smallest absolute Gasteiger partial charge is 0.257 e. The minimum absolute atomic E-state index is 0.0243. The lowest BCUT2D eigenvalue weighted by Crippen LogP contribution is -2.55. The Kier molecular flexibility index (Phi) is 7.66. The van der Waals surface area contributed by atoms with Gasteiger partial charge in [0.05, 0.1) is 23.2 Å². The third kappa shape index (κ3) is 5.62. The van der Waals surface area contributed by atoms with Crippen molar-refractivity contribution in [1.29, 1.82) is 0 Å². The molecular formula is C25H36N6O4. The van der Waals surface area contributed by atoms with Gasteiger partial charge < -0.3 is 20.4 Å². The van der Waals surface area contributed by atoms with Gasteiger partial charge in [-0.1, -0.05) is 12.8 Å². The standard InChI is InChI=1S/C25H36N6O4/c1-17-20(13-26-16-28-17)23(34)31-10-6-21-19(15-31)5-3-4-7-25(24(35)27-14-22(33)29-21)8-11-30(12-9-25)18(2)32/h13,16,19,21H,3-12,14-15H2,1-2H3,(H,27,35)(H,29,33)/t19-,21+/m0/s1. The van der Waals surface area contributed by atoms with Crippen LogP contribution in [0.4, 0.5) is 0 Å². The zero-order chi connectivity index (χ0) is 25.0. The highest BCUT2D eigenvalue weighted by Gasteiger charge is 2.42. The molecule has 0 bridgehead atoms. The number of hydrogen-bond acceptors (Lipinski definition) is 6. The van der Waals surface area contributed by atoms with Gasteiger partial charge >= 0.3 is 0 Å². The SMILES string of the molecule is CC(=O)N1CCC2(CCCC[C@H]3CN(C(=O)c4cncnc4C)CC[C@H]3NC(=O)CNC2=O)CC1. The summed E-state index contributed by atoms with van der Waals surface area (Å²) in [5.74, 6) is -0.159. The van der Waals surface area contributed by atoms with Crippen molar-refractivity contribution >= 4 is 23.6 Å². The van der Waals surface area contributed by atoms with Gasteiger partial charge in [-0.15, -0.1) is 0 Å². The largest absolute Gasteiger partial charge is 0.351 e. The highest BCUT2D eigenvalue weighted by molar-refractivity contribution is 5.95. The van der Waals surface area contributed by atoms with Crippen LogP contribution in [-0.2, 0) is 14.4 Å². The van der Waals surface area contributed by atoms with Crippen LogP contribution < -0.4 is 10.6 Å². The highest BCUT2D eigenvalue weighted by Crippen LogP contribution is 2.38. The van der Waals surface area contributed by atoms with Crippen LogP contribution in [0.5, 0.6) is 0 Å². The van der Waals surface area contributed by atoms with Crippen molar-refractivity contribution in [2.75, 3.05) is 32.7 Å². The molecule has 35 heavy (non-hydrogen) atoms. The first-order valence-electron chi connectivity index (χ1n) is 12.7. The monoisotopic (exact) mass is 484 g/mol. The van der Waals surface area contributed by atoms with Crippen LogP contribution in [0.15, 0.2) is 12.5 Å². The van der Waals surface area contributed by atoms with Gasteiger partial charge in [-0.25, -0.2) is 9.97 Å². The average Bonchev–Trinajstić information content (AvgIpc) is 2.85. The fourth-order valence-electron chi connectivity index (χ4n) is 5.79. The van der Waals surface area contributed by atoms with Gasteiger partial charge in [-0.3, -0.25) is 19.2 Å². The second-order valence-electron chi connectivity index (χ2n) is 10.2. The fraction of sp³-hybridized carbons (Fsp3) is 0.680. The van der Waals surface area contributed by atoms with Gasteiger partial charge in [-0.2, -0.15) is 0 Å². The molecule has 4 amide bonds. The van der Waals surface area contributed by atoms with Crippen molar-refractivity contribution in [2.45, 2.75) is 64.8 Å². The van der Waals surface area contributed by atoms with Crippen molar-refractivity contribution in [1.82, 2.24) is 30.4 Å². The van der Waals surface area contributed by atoms with Crippen LogP contribution in [0, 0.1) is 18.3 Å². The summed E-state index contributed by atoms with van der Waals surface area (Å²) in [6.45, 7) is 5.58. The Hall–Kier alpha value is -3.04. The Morgan fingerprint density at radius 3 is 2.54 bits per heavy atom. The van der Waals surface area contributed by atoms with Gasteiger partial charge in [0.2, 0.25) is 17.7 Å². The third-order valence-electron chi connectivity index (χ3n) is 8.05. The number of hydrogen-bond donors (Lipinski definition) is 2. The van der Waals surface area contributed by atoms with Gasteiger partial charge in [0.25, 0.3) is 5.91 Å². The molecule has 4 heterocycles. The van der Waals surface area contributed by atoms with E-state index in [4.69, 9.17) is 0 Å². The second kappa shape index (κ2) is 10.7. The first-order valence-corrected chi connectivity index (χ1v) is 12.7. The Morgan fingerprint density at radius 2 is 1.83 bits per heavy atom. The normalized spacial score (nSPS) is 25.5. The summed E-state index contributed by atoms with van der Waals surface area (Å²) in [5.41, 5.74) is 0.644. The fourth-order valence-corrected chi connectivity index (χ4v) is 5.79. The molecule has 1 aromatic heterocycles. The van der Waals surface area contributed by atoms with Gasteiger partial charge in [0.1, 0.15) is 6.33 Å². The van der Waals surface area contributed by atoms with Crippen LogP contribution in [0.1, 0.15) is 67.9 Å². The van der Waals surface area contributed by atoms with E-state index in [1.807, 2.05) is 11.8 Å². The summed E-state index contributed by atoms with van der Waals surface area (Å²) in [6.07, 6.45) is 8.34. The molecule has 0 unspecified atom stereocenters. The number of nitrogens with zero attached hydrogens (tertiary/aromatic N) is 4. The number of aryl methyl sites for hydroxylation is 1. The molecule has 2 N–H and O–H groups in total. The molecule has 0 aliphatic carbocycles. The molecule has 4 rings (SSSR count). The third-order valence-corrected chi connectivity index (χ3v) is 8.05. The summed E-state index contributed by atoms with van der Waals surface area (Å²) in [6, 6.07) is -0.0243. The molecule has 3 saturated heterocycles. The maximum Gasteiger partial charge on any atom is 0.257 e. The van der Waals surface area contributed by atoms with E-state index in [1.54, 1.807) is 18.0 Å². The Morgan fingerprint density at radius 1 is 1.06 bits per heavy atom. The molecule has 0 aromatic carbocycles. The first-order chi connectivity index (χ1) is 16.8. The van der Waals surface area contributed by atoms with E-state index in [0.29, 0.717) is 56.7 Å². The molecule has 10 heteroatoms. The van der Waals surface area contributed by atoms with Crippen molar-refractivity contribution < 1.29 is 19.2 Å². The zero-order valence-corrected chi connectivity index (χ0v) is 20.7. The average molecular weight is 485 g/mol. The van der Waals surface area contributed by atoms with E-state index in [-0.39, 0.29) is 42.1 Å². The summed E-state index contributed by atoms with van der Waals surface area (Å²) in [4.78, 5) is 62.6. The first kappa shape index (κ1) is 25.1. The van der Waals surface area contributed by atoms with Crippen LogP contribution in [-0.4, -0.2) is 82.2 Å². The maximum absolute atomic E-state index is 13.1. The van der Waals surface area contributed by atoms with E-state index in [0.717, 1.165) is 25.7 Å². The van der Waals surface area contributed by atoms with Crippen molar-refractivity contribution in [3.63, 3.8) is 0 Å². The molecule has 2 atom stereocenters. The molecule has 3 fully saturated rings. The molecule has 3 aliphatic heterocycles. The summed E-state index contributed by atoms with van der Waals surface area (Å²) >= 11 is 0. The maximum atomic E-state index is 13.1. The Balaban J connectivity index is 1.43. The van der Waals surface area contributed by atoms with Crippen molar-refractivity contribution in [3.05, 3.63) is 23.8 Å². The van der Waals surface area contributed by atoms with Crippen LogP contribution in [0.2, 0.25) is 0 Å². The van der Waals surface area contributed by atoms with Gasteiger partial charge in [0.15, 0.2) is 0 Å². The van der Waals surface area contributed by atoms with Crippen LogP contribution in [0.3, 0.4) is 0 Å². The Bertz CT molecular complexity index is 974. The van der Waals surface area contributed by atoms with E-state index in [9.17, 15) is 19.2 Å². The number of likely N-dealkylation sites (tertiary alicyclic amines) is 2. The van der Waals surface area contributed by atoms with Crippen molar-refractivity contribution in [2.24, 2.45) is 11.3 Å². The highest BCUT2D eigenvalue weighted by atomic mass is 16.2. The number of piperidine rings is 2. The predicted octanol–water partition coefficient (Wildman–Crippen LogP) is 1.05. The van der Waals surface area contributed by atoms with Gasteiger partial charge in [-0.05, 0) is 44.9 Å². The number of nitrogens with one attached hydrogen (secondary N) is 2. The molecule has 0 radical (unpaired) electrons. The molecular weight excluding hydrogens is 448 g/mol. The predicted molar refractivity (Wildman–Crippen MR) is 128 cm³/mol. The molecule has 1 aromatic rings. The molecule has 190 valence electrons. The molecule has 1 spiro atoms. The van der Waals surface area contributed by atoms with E-state index in [1.165, 1.54) is 6.33 Å². The molecule has 3 aliphatic rings. The van der Waals surface area contributed by atoms with E-state index >= 15 is 0 Å². The second-order valence-corrected chi connectivity index (χ2v) is 10.2. The molecule has 10 nitrogen and oxygen atoms in total. The number of fused-ring (bicyclic) bond motifs is 1. The lowest BCUT2D eigenvalue weighted by Gasteiger charge is -2.42. The quantitative estimate of drug-likeness (QED) is 0.614. The van der Waals surface area contributed by atoms with Crippen molar-refractivity contribution in [3.8, 4) is 0 Å². The van der Waals surface area contributed by atoms with E-state index < -0.39 is 5.41 Å². The lowest BCUT2D eigenvalue weighted by molar-refractivity contribution is -0.140. The summed E-state index contributed by atoms with van der Waals surface area (Å²) < 4.78 is 0. The van der Waals surface area contributed by atoms with Crippen LogP contribution >= 0.6 is 0 Å². The van der Waals surface area contributed by atoms with Gasteiger partial charge in [0, 0.05) is 45.3 Å². The summed E-state index contributed by atoms with van der Waals surface area (Å²) in [5, 5.41) is 5.98. The molecule has 0 saturated carbocycles. The lowest BCUT2D eigenvalue weighted by atomic mass is 9.73. The topological polar surface area (TPSA) is 125 Å².